The van der Waals surface area contributed by atoms with E-state index in [2.05, 4.69) is 16.8 Å². The molecule has 2 fully saturated rings. The number of carbonyl (C=O) groups excluding carboxylic acids is 1. The molecule has 0 radical (unpaired) electrons. The lowest BCUT2D eigenvalue weighted by Crippen LogP contribution is -2.50. The van der Waals surface area contributed by atoms with Crippen LogP contribution in [0.3, 0.4) is 0 Å². The quantitative estimate of drug-likeness (QED) is 0.851. The molecule has 2 aliphatic heterocycles. The van der Waals surface area contributed by atoms with Gasteiger partial charge in [0, 0.05) is 32.2 Å². The summed E-state index contributed by atoms with van der Waals surface area (Å²) in [6.45, 7) is 7.54. The highest BCUT2D eigenvalue weighted by atomic mass is 32.1. The summed E-state index contributed by atoms with van der Waals surface area (Å²) in [5, 5.41) is 0. The lowest BCUT2D eigenvalue weighted by atomic mass is 10.0. The minimum Gasteiger partial charge on any atom is -0.379 e. The SMILES string of the molecule is CCc1ncsc1C(=O)N1CCC(N2CCOCC2)CC1. The van der Waals surface area contributed by atoms with Crippen molar-refractivity contribution in [3.05, 3.63) is 16.1 Å². The van der Waals surface area contributed by atoms with Crippen molar-refractivity contribution in [1.29, 1.82) is 0 Å². The number of ether oxygens (including phenoxy) is 1. The van der Waals surface area contributed by atoms with Gasteiger partial charge in [-0.2, -0.15) is 0 Å². The van der Waals surface area contributed by atoms with E-state index < -0.39 is 0 Å². The molecule has 1 amide bonds. The molecular weight excluding hydrogens is 286 g/mol. The van der Waals surface area contributed by atoms with Crippen LogP contribution in [0.2, 0.25) is 0 Å². The Hall–Kier alpha value is -0.980. The zero-order valence-corrected chi connectivity index (χ0v) is 13.4. The molecule has 3 rings (SSSR count). The molecule has 116 valence electrons. The van der Waals surface area contributed by atoms with Crippen LogP contribution >= 0.6 is 11.3 Å². The van der Waals surface area contributed by atoms with E-state index in [1.807, 2.05) is 4.90 Å². The fourth-order valence-electron chi connectivity index (χ4n) is 3.22. The number of thiazole rings is 1. The molecule has 6 heteroatoms. The topological polar surface area (TPSA) is 45.7 Å². The molecule has 1 aromatic rings. The summed E-state index contributed by atoms with van der Waals surface area (Å²) in [5.74, 6) is 0.176. The number of likely N-dealkylation sites (tertiary alicyclic amines) is 1. The molecule has 0 atom stereocenters. The summed E-state index contributed by atoms with van der Waals surface area (Å²) >= 11 is 1.48. The predicted molar refractivity (Wildman–Crippen MR) is 82.8 cm³/mol. The first kappa shape index (κ1) is 14.9. The van der Waals surface area contributed by atoms with Gasteiger partial charge in [0.2, 0.25) is 0 Å². The number of amides is 1. The van der Waals surface area contributed by atoms with Crippen LogP contribution in [0.5, 0.6) is 0 Å². The zero-order valence-electron chi connectivity index (χ0n) is 12.6. The average Bonchev–Trinajstić information content (AvgIpc) is 3.04. The highest BCUT2D eigenvalue weighted by Crippen LogP contribution is 2.22. The van der Waals surface area contributed by atoms with E-state index in [-0.39, 0.29) is 5.91 Å². The molecule has 21 heavy (non-hydrogen) atoms. The number of rotatable bonds is 3. The minimum absolute atomic E-state index is 0.176. The van der Waals surface area contributed by atoms with Gasteiger partial charge in [0.25, 0.3) is 5.91 Å². The molecule has 1 aromatic heterocycles. The number of carbonyl (C=O) groups is 1. The van der Waals surface area contributed by atoms with Gasteiger partial charge in [-0.3, -0.25) is 9.69 Å². The second kappa shape index (κ2) is 6.85. The van der Waals surface area contributed by atoms with E-state index in [9.17, 15) is 4.79 Å². The van der Waals surface area contributed by atoms with Crippen LogP contribution in [0.4, 0.5) is 0 Å². The van der Waals surface area contributed by atoms with E-state index >= 15 is 0 Å². The molecular formula is C15H23N3O2S. The number of morpholine rings is 1. The Balaban J connectivity index is 1.56. The van der Waals surface area contributed by atoms with Crippen molar-refractivity contribution in [2.45, 2.75) is 32.2 Å². The van der Waals surface area contributed by atoms with Crippen molar-refractivity contribution in [2.24, 2.45) is 0 Å². The Kier molecular flexibility index (Phi) is 4.87. The van der Waals surface area contributed by atoms with Gasteiger partial charge in [0.1, 0.15) is 4.88 Å². The van der Waals surface area contributed by atoms with Crippen molar-refractivity contribution >= 4 is 17.2 Å². The predicted octanol–water partition coefficient (Wildman–Crippen LogP) is 1.64. The number of aromatic nitrogens is 1. The second-order valence-electron chi connectivity index (χ2n) is 5.65. The van der Waals surface area contributed by atoms with Crippen molar-refractivity contribution in [3.63, 3.8) is 0 Å². The number of piperidine rings is 1. The molecule has 0 saturated carbocycles. The van der Waals surface area contributed by atoms with Gasteiger partial charge in [-0.1, -0.05) is 6.92 Å². The van der Waals surface area contributed by atoms with E-state index in [1.165, 1.54) is 11.3 Å². The Morgan fingerprint density at radius 1 is 1.33 bits per heavy atom. The van der Waals surface area contributed by atoms with Gasteiger partial charge in [-0.25, -0.2) is 4.98 Å². The van der Waals surface area contributed by atoms with Crippen molar-refractivity contribution < 1.29 is 9.53 Å². The van der Waals surface area contributed by atoms with Crippen LogP contribution < -0.4 is 0 Å². The molecule has 0 N–H and O–H groups in total. The van der Waals surface area contributed by atoms with Crippen LogP contribution in [0.25, 0.3) is 0 Å². The number of hydrogen-bond acceptors (Lipinski definition) is 5. The lowest BCUT2D eigenvalue weighted by Gasteiger charge is -2.40. The third-order valence-electron chi connectivity index (χ3n) is 4.48. The molecule has 2 aliphatic rings. The Bertz CT molecular complexity index is 477. The van der Waals surface area contributed by atoms with E-state index in [4.69, 9.17) is 4.74 Å². The summed E-state index contributed by atoms with van der Waals surface area (Å²) in [7, 11) is 0. The van der Waals surface area contributed by atoms with Gasteiger partial charge in [-0.05, 0) is 19.3 Å². The maximum atomic E-state index is 12.6. The summed E-state index contributed by atoms with van der Waals surface area (Å²) in [5.41, 5.74) is 2.73. The third kappa shape index (κ3) is 3.27. The molecule has 0 unspecified atom stereocenters. The van der Waals surface area contributed by atoms with Gasteiger partial charge in [0.05, 0.1) is 24.4 Å². The fraction of sp³-hybridized carbons (Fsp3) is 0.733. The minimum atomic E-state index is 0.176. The highest BCUT2D eigenvalue weighted by Gasteiger charge is 2.29. The molecule has 2 saturated heterocycles. The summed E-state index contributed by atoms with van der Waals surface area (Å²) in [6.07, 6.45) is 2.98. The monoisotopic (exact) mass is 309 g/mol. The number of aryl methyl sites for hydroxylation is 1. The van der Waals surface area contributed by atoms with Gasteiger partial charge in [0.15, 0.2) is 0 Å². The van der Waals surface area contributed by atoms with Crippen molar-refractivity contribution in [3.8, 4) is 0 Å². The van der Waals surface area contributed by atoms with E-state index in [0.717, 1.165) is 69.2 Å². The first-order valence-corrected chi connectivity index (χ1v) is 8.71. The van der Waals surface area contributed by atoms with E-state index in [0.29, 0.717) is 6.04 Å². The standard InChI is InChI=1S/C15H23N3O2S/c1-2-13-14(21-11-16-13)15(19)18-5-3-12(4-6-18)17-7-9-20-10-8-17/h11-12H,2-10H2,1H3. The molecule has 0 bridgehead atoms. The average molecular weight is 309 g/mol. The Morgan fingerprint density at radius 3 is 2.71 bits per heavy atom. The summed E-state index contributed by atoms with van der Waals surface area (Å²) < 4.78 is 5.41. The first-order valence-electron chi connectivity index (χ1n) is 7.83. The highest BCUT2D eigenvalue weighted by molar-refractivity contribution is 7.11. The molecule has 0 aliphatic carbocycles. The van der Waals surface area contributed by atoms with Crippen LogP contribution in [-0.2, 0) is 11.2 Å². The fourth-order valence-corrected chi connectivity index (χ4v) is 4.06. The Morgan fingerprint density at radius 2 is 2.05 bits per heavy atom. The number of nitrogens with zero attached hydrogens (tertiary/aromatic N) is 3. The molecule has 5 nitrogen and oxygen atoms in total. The van der Waals surface area contributed by atoms with Crippen molar-refractivity contribution in [1.82, 2.24) is 14.8 Å². The lowest BCUT2D eigenvalue weighted by molar-refractivity contribution is 0.00163. The van der Waals surface area contributed by atoms with Gasteiger partial charge >= 0.3 is 0 Å². The first-order chi connectivity index (χ1) is 10.3. The zero-order chi connectivity index (χ0) is 14.7. The third-order valence-corrected chi connectivity index (χ3v) is 5.34. The normalized spacial score (nSPS) is 21.7. The van der Waals surface area contributed by atoms with Crippen LogP contribution in [-0.4, -0.2) is 66.1 Å². The second-order valence-corrected chi connectivity index (χ2v) is 6.51. The number of hydrogen-bond donors (Lipinski definition) is 0. The summed E-state index contributed by atoms with van der Waals surface area (Å²) in [4.78, 5) is 22.2. The van der Waals surface area contributed by atoms with Gasteiger partial charge in [-0.15, -0.1) is 11.3 Å². The maximum Gasteiger partial charge on any atom is 0.265 e. The van der Waals surface area contributed by atoms with E-state index in [1.54, 1.807) is 5.51 Å². The van der Waals surface area contributed by atoms with Gasteiger partial charge < -0.3 is 9.64 Å². The largest absolute Gasteiger partial charge is 0.379 e. The maximum absolute atomic E-state index is 12.6. The van der Waals surface area contributed by atoms with Crippen molar-refractivity contribution in [2.75, 3.05) is 39.4 Å². The molecule has 3 heterocycles. The summed E-state index contributed by atoms with van der Waals surface area (Å²) in [6, 6.07) is 0.616. The smallest absolute Gasteiger partial charge is 0.265 e. The molecule has 0 aromatic carbocycles. The Labute approximate surface area is 129 Å². The van der Waals surface area contributed by atoms with Crippen LogP contribution in [0.1, 0.15) is 35.1 Å². The van der Waals surface area contributed by atoms with Crippen LogP contribution in [0, 0.1) is 0 Å². The molecule has 0 spiro atoms. The van der Waals surface area contributed by atoms with Crippen LogP contribution in [0.15, 0.2) is 5.51 Å².